The van der Waals surface area contributed by atoms with E-state index in [4.69, 9.17) is 43.6 Å². The van der Waals surface area contributed by atoms with Crippen molar-refractivity contribution in [1.29, 1.82) is 0 Å². The molecule has 1 saturated carbocycles. The fourth-order valence-corrected chi connectivity index (χ4v) is 6.07. The van der Waals surface area contributed by atoms with Gasteiger partial charge in [0.2, 0.25) is 5.91 Å². The standard InChI is InChI=1S/C24H28Cl2N2O2.CH2O2/c1-4-30-17-9-10-18(20(26)12-17)19-11-13(2)24(27)22(14(3)28-23(24)29)21(19)15-5-7-16(25)8-6-15;2-1-3/h5-10,12-14,19,21-22H,4,11,27H2,1-3H3,(H,28,29);1H,(H,2,3)/t13-,14?,19?,21+,22?,24?;/m1./s1. The summed E-state index contributed by atoms with van der Waals surface area (Å²) in [5.41, 5.74) is 8.14. The number of fused-ring (bicyclic) bond motifs is 1. The molecule has 6 atom stereocenters. The number of hydrogen-bond donors (Lipinski definition) is 3. The van der Waals surface area contributed by atoms with Crippen molar-refractivity contribution in [2.24, 2.45) is 17.6 Å². The number of amides is 1. The zero-order chi connectivity index (χ0) is 24.3. The second kappa shape index (κ2) is 10.3. The van der Waals surface area contributed by atoms with Crippen molar-refractivity contribution >= 4 is 35.6 Å². The van der Waals surface area contributed by atoms with E-state index in [1.165, 1.54) is 0 Å². The van der Waals surface area contributed by atoms with E-state index >= 15 is 0 Å². The SMILES string of the molecule is CCOc1ccc(C2C[C@@H](C)C3(N)C(=O)NC(C)C3[C@H]2c2ccc(Cl)cc2)c(Cl)c1.O=CO. The normalized spacial score (nSPS) is 30.5. The van der Waals surface area contributed by atoms with E-state index in [0.29, 0.717) is 16.7 Å². The van der Waals surface area contributed by atoms with Crippen molar-refractivity contribution in [3.63, 3.8) is 0 Å². The Balaban J connectivity index is 0.000000968. The Morgan fingerprint density at radius 3 is 2.42 bits per heavy atom. The number of rotatable bonds is 4. The molecule has 0 bridgehead atoms. The summed E-state index contributed by atoms with van der Waals surface area (Å²) in [6.45, 7) is 6.42. The Labute approximate surface area is 204 Å². The van der Waals surface area contributed by atoms with E-state index < -0.39 is 5.54 Å². The Morgan fingerprint density at radius 2 is 1.85 bits per heavy atom. The smallest absolute Gasteiger partial charge is 0.290 e. The molecule has 33 heavy (non-hydrogen) atoms. The zero-order valence-electron chi connectivity index (χ0n) is 18.9. The van der Waals surface area contributed by atoms with Crippen molar-refractivity contribution in [2.45, 2.75) is 50.6 Å². The predicted molar refractivity (Wildman–Crippen MR) is 130 cm³/mol. The number of carboxylic acid groups (broad SMARTS) is 1. The van der Waals surface area contributed by atoms with Crippen molar-refractivity contribution < 1.29 is 19.4 Å². The summed E-state index contributed by atoms with van der Waals surface area (Å²) in [5, 5.41) is 11.4. The maximum Gasteiger partial charge on any atom is 0.290 e. The molecule has 2 aliphatic rings. The van der Waals surface area contributed by atoms with Crippen LogP contribution in [0.3, 0.4) is 0 Å². The Kier molecular flexibility index (Phi) is 7.93. The molecule has 2 aromatic rings. The lowest BCUT2D eigenvalue weighted by molar-refractivity contribution is -0.127. The summed E-state index contributed by atoms with van der Waals surface area (Å²) in [4.78, 5) is 21.3. The lowest BCUT2D eigenvalue weighted by Crippen LogP contribution is -2.61. The van der Waals surface area contributed by atoms with Crippen LogP contribution in [0.25, 0.3) is 0 Å². The van der Waals surface area contributed by atoms with Crippen molar-refractivity contribution in [3.05, 3.63) is 63.6 Å². The van der Waals surface area contributed by atoms with Gasteiger partial charge < -0.3 is 20.9 Å². The quantitative estimate of drug-likeness (QED) is 0.530. The summed E-state index contributed by atoms with van der Waals surface area (Å²) in [5.74, 6) is 0.834. The van der Waals surface area contributed by atoms with Gasteiger partial charge in [-0.05, 0) is 73.4 Å². The molecule has 6 nitrogen and oxygen atoms in total. The number of nitrogens with two attached hydrogens (primary N) is 1. The first-order valence-electron chi connectivity index (χ1n) is 11.0. The Hall–Kier alpha value is -2.28. The highest BCUT2D eigenvalue weighted by atomic mass is 35.5. The number of nitrogens with one attached hydrogen (secondary N) is 1. The molecule has 1 aliphatic heterocycles. The third-order valence-corrected chi connectivity index (χ3v) is 7.60. The molecule has 1 aliphatic carbocycles. The van der Waals surface area contributed by atoms with Gasteiger partial charge in [0.1, 0.15) is 11.3 Å². The van der Waals surface area contributed by atoms with Gasteiger partial charge in [-0.15, -0.1) is 0 Å². The predicted octanol–water partition coefficient (Wildman–Crippen LogP) is 4.83. The number of hydrogen-bond acceptors (Lipinski definition) is 4. The van der Waals surface area contributed by atoms with Gasteiger partial charge in [0.15, 0.2) is 0 Å². The summed E-state index contributed by atoms with van der Waals surface area (Å²) in [6, 6.07) is 13.8. The molecule has 0 spiro atoms. The highest BCUT2D eigenvalue weighted by molar-refractivity contribution is 6.31. The number of halogens is 2. The van der Waals surface area contributed by atoms with Gasteiger partial charge in [0, 0.05) is 22.0 Å². The molecule has 1 amide bonds. The third-order valence-electron chi connectivity index (χ3n) is 7.02. The van der Waals surface area contributed by atoms with Crippen LogP contribution in [0.1, 0.15) is 50.2 Å². The van der Waals surface area contributed by atoms with Gasteiger partial charge >= 0.3 is 0 Å². The van der Waals surface area contributed by atoms with Gasteiger partial charge in [-0.3, -0.25) is 9.59 Å². The van der Waals surface area contributed by atoms with Crippen LogP contribution in [0.4, 0.5) is 0 Å². The zero-order valence-corrected chi connectivity index (χ0v) is 20.4. The molecular weight excluding hydrogens is 463 g/mol. The first-order valence-corrected chi connectivity index (χ1v) is 11.8. The van der Waals surface area contributed by atoms with Gasteiger partial charge in [-0.25, -0.2) is 0 Å². The summed E-state index contributed by atoms with van der Waals surface area (Å²) in [6.07, 6.45) is 0.772. The average Bonchev–Trinajstić information content (AvgIpc) is 3.00. The summed E-state index contributed by atoms with van der Waals surface area (Å²) in [7, 11) is 0. The minimum atomic E-state index is -0.905. The summed E-state index contributed by atoms with van der Waals surface area (Å²) >= 11 is 12.9. The van der Waals surface area contributed by atoms with Gasteiger partial charge in [0.05, 0.1) is 6.61 Å². The number of ether oxygens (including phenoxy) is 1. The van der Waals surface area contributed by atoms with E-state index in [0.717, 1.165) is 23.3 Å². The van der Waals surface area contributed by atoms with Crippen LogP contribution in [0, 0.1) is 11.8 Å². The molecule has 4 unspecified atom stereocenters. The minimum Gasteiger partial charge on any atom is -0.494 e. The van der Waals surface area contributed by atoms with Crippen LogP contribution >= 0.6 is 23.2 Å². The molecule has 2 aromatic carbocycles. The maximum atomic E-state index is 12.9. The van der Waals surface area contributed by atoms with Crippen molar-refractivity contribution in [2.75, 3.05) is 6.61 Å². The molecular formula is C25H30Cl2N2O4. The lowest BCUT2D eigenvalue weighted by atomic mass is 9.55. The van der Waals surface area contributed by atoms with E-state index in [1.54, 1.807) is 0 Å². The summed E-state index contributed by atoms with van der Waals surface area (Å²) < 4.78 is 5.62. The van der Waals surface area contributed by atoms with Crippen molar-refractivity contribution in [1.82, 2.24) is 5.32 Å². The van der Waals surface area contributed by atoms with E-state index in [9.17, 15) is 4.79 Å². The average molecular weight is 493 g/mol. The van der Waals surface area contributed by atoms with Gasteiger partial charge in [-0.2, -0.15) is 0 Å². The molecule has 4 N–H and O–H groups in total. The fraction of sp³-hybridized carbons (Fsp3) is 0.440. The minimum absolute atomic E-state index is 0.0173. The topological polar surface area (TPSA) is 102 Å². The van der Waals surface area contributed by atoms with Crippen LogP contribution in [0.5, 0.6) is 5.75 Å². The van der Waals surface area contributed by atoms with E-state index in [1.807, 2.05) is 43.3 Å². The highest BCUT2D eigenvalue weighted by Crippen LogP contribution is 2.56. The number of benzene rings is 2. The number of carbonyl (C=O) groups is 2. The largest absolute Gasteiger partial charge is 0.494 e. The van der Waals surface area contributed by atoms with Crippen LogP contribution in [0.2, 0.25) is 10.0 Å². The molecule has 2 fully saturated rings. The third kappa shape index (κ3) is 4.70. The molecule has 178 valence electrons. The van der Waals surface area contributed by atoms with Gasteiger partial charge in [0.25, 0.3) is 6.47 Å². The Morgan fingerprint density at radius 1 is 1.21 bits per heavy atom. The van der Waals surface area contributed by atoms with Crippen LogP contribution in [-0.4, -0.2) is 35.7 Å². The fourth-order valence-electron chi connectivity index (χ4n) is 5.63. The first kappa shape index (κ1) is 25.3. The second-order valence-electron chi connectivity index (χ2n) is 8.76. The molecule has 0 radical (unpaired) electrons. The molecule has 0 aromatic heterocycles. The Bertz CT molecular complexity index is 1000. The van der Waals surface area contributed by atoms with E-state index in [2.05, 4.69) is 25.2 Å². The molecule has 1 heterocycles. The van der Waals surface area contributed by atoms with Crippen LogP contribution in [0.15, 0.2) is 42.5 Å². The molecule has 8 heteroatoms. The van der Waals surface area contributed by atoms with Crippen molar-refractivity contribution in [3.8, 4) is 5.75 Å². The highest BCUT2D eigenvalue weighted by Gasteiger charge is 2.61. The monoisotopic (exact) mass is 492 g/mol. The van der Waals surface area contributed by atoms with Crippen LogP contribution in [-0.2, 0) is 9.59 Å². The lowest BCUT2D eigenvalue weighted by Gasteiger charge is -2.49. The first-order chi connectivity index (χ1) is 15.7. The van der Waals surface area contributed by atoms with Gasteiger partial charge in [-0.1, -0.05) is 48.3 Å². The maximum absolute atomic E-state index is 12.9. The molecule has 1 saturated heterocycles. The van der Waals surface area contributed by atoms with Crippen LogP contribution < -0.4 is 15.8 Å². The molecule has 4 rings (SSSR count). The van der Waals surface area contributed by atoms with E-state index in [-0.39, 0.29) is 42.1 Å². The second-order valence-corrected chi connectivity index (χ2v) is 9.61. The number of carbonyl (C=O) groups excluding carboxylic acids is 1.